The fourth-order valence-electron chi connectivity index (χ4n) is 2.90. The highest BCUT2D eigenvalue weighted by Gasteiger charge is 2.32. The molecule has 0 aromatic heterocycles. The number of non-ortho nitro benzene ring substituents is 1. The van der Waals surface area contributed by atoms with Crippen LogP contribution in [0.2, 0.25) is 0 Å². The van der Waals surface area contributed by atoms with E-state index in [4.69, 9.17) is 16.3 Å². The Morgan fingerprint density at radius 1 is 1.32 bits per heavy atom. The molecule has 0 saturated carbocycles. The Kier molecular flexibility index (Phi) is 6.20. The van der Waals surface area contributed by atoms with Gasteiger partial charge in [-0.05, 0) is 38.3 Å². The second-order valence-corrected chi connectivity index (χ2v) is 6.31. The first-order chi connectivity index (χ1) is 11.9. The van der Waals surface area contributed by atoms with Crippen LogP contribution in [-0.4, -0.2) is 23.4 Å². The van der Waals surface area contributed by atoms with E-state index in [9.17, 15) is 14.9 Å². The van der Waals surface area contributed by atoms with E-state index < -0.39 is 10.9 Å². The van der Waals surface area contributed by atoms with Gasteiger partial charge >= 0.3 is 5.97 Å². The number of dihydropyridines is 1. The summed E-state index contributed by atoms with van der Waals surface area (Å²) >= 11 is 5.63. The van der Waals surface area contributed by atoms with Gasteiger partial charge in [0.15, 0.2) is 0 Å². The van der Waals surface area contributed by atoms with E-state index in [1.165, 1.54) is 12.1 Å². The van der Waals surface area contributed by atoms with Gasteiger partial charge in [-0.15, -0.1) is 11.6 Å². The lowest BCUT2D eigenvalue weighted by Gasteiger charge is -2.30. The summed E-state index contributed by atoms with van der Waals surface area (Å²) in [5.74, 6) is -0.404. The third-order valence-electron chi connectivity index (χ3n) is 4.24. The lowest BCUT2D eigenvalue weighted by molar-refractivity contribution is -0.384. The number of allylic oxidation sites excluding steroid dienone is 3. The molecular weight excluding hydrogens is 344 g/mol. The topological polar surface area (TPSA) is 81.5 Å². The lowest BCUT2D eigenvalue weighted by atomic mass is 9.81. The molecule has 1 aromatic carbocycles. The fourth-order valence-corrected chi connectivity index (χ4v) is 3.01. The summed E-state index contributed by atoms with van der Waals surface area (Å²) in [6.45, 7) is 5.87. The van der Waals surface area contributed by atoms with Crippen molar-refractivity contribution in [2.75, 3.05) is 12.5 Å². The maximum absolute atomic E-state index is 12.6. The average Bonchev–Trinajstić information content (AvgIpc) is 2.58. The number of nitro groups is 1. The monoisotopic (exact) mass is 364 g/mol. The molecule has 0 aliphatic carbocycles. The number of esters is 1. The zero-order valence-electron chi connectivity index (χ0n) is 14.5. The number of ether oxygens (including phenoxy) is 1. The summed E-state index contributed by atoms with van der Waals surface area (Å²) < 4.78 is 5.33. The van der Waals surface area contributed by atoms with Crippen LogP contribution in [0.4, 0.5) is 5.69 Å². The van der Waals surface area contributed by atoms with Crippen molar-refractivity contribution in [3.63, 3.8) is 0 Å². The van der Waals surface area contributed by atoms with Gasteiger partial charge in [0.05, 0.1) is 17.1 Å². The van der Waals surface area contributed by atoms with Crippen molar-refractivity contribution in [3.8, 4) is 0 Å². The first-order valence-electron chi connectivity index (χ1n) is 7.99. The van der Waals surface area contributed by atoms with Crippen molar-refractivity contribution in [1.82, 2.24) is 5.32 Å². The quantitative estimate of drug-likeness (QED) is 0.271. The number of carbonyl (C=O) groups excluding carboxylic acids is 1. The predicted octanol–water partition coefficient (Wildman–Crippen LogP) is 4.02. The molecule has 1 heterocycles. The number of nitrogens with one attached hydrogen (secondary N) is 1. The summed E-state index contributed by atoms with van der Waals surface area (Å²) in [5.41, 5.74) is 3.69. The number of nitro benzene ring substituents is 1. The molecule has 0 spiro atoms. The van der Waals surface area contributed by atoms with E-state index in [-0.39, 0.29) is 18.2 Å². The number of nitrogens with zero attached hydrogens (tertiary/aromatic N) is 1. The van der Waals surface area contributed by atoms with E-state index in [1.807, 2.05) is 13.8 Å². The minimum absolute atomic E-state index is 0.00556. The maximum atomic E-state index is 12.6. The first-order valence-corrected chi connectivity index (χ1v) is 8.52. The van der Waals surface area contributed by atoms with Gasteiger partial charge < -0.3 is 10.1 Å². The third kappa shape index (κ3) is 4.20. The van der Waals surface area contributed by atoms with Crippen molar-refractivity contribution in [2.24, 2.45) is 0 Å². The molecule has 134 valence electrons. The fraction of sp³-hybridized carbons (Fsp3) is 0.389. The highest BCUT2D eigenvalue weighted by Crippen LogP contribution is 2.39. The van der Waals surface area contributed by atoms with E-state index in [0.29, 0.717) is 29.1 Å². The summed E-state index contributed by atoms with van der Waals surface area (Å²) in [7, 11) is 0. The zero-order valence-corrected chi connectivity index (χ0v) is 15.2. The molecule has 6 nitrogen and oxygen atoms in total. The molecule has 1 atom stereocenters. The van der Waals surface area contributed by atoms with Gasteiger partial charge in [-0.2, -0.15) is 0 Å². The Hall–Kier alpha value is -2.34. The average molecular weight is 365 g/mol. The van der Waals surface area contributed by atoms with Crippen LogP contribution in [0.15, 0.2) is 46.8 Å². The van der Waals surface area contributed by atoms with Gasteiger partial charge in [0.25, 0.3) is 5.69 Å². The van der Waals surface area contributed by atoms with Gasteiger partial charge in [-0.1, -0.05) is 12.1 Å². The van der Waals surface area contributed by atoms with Crippen LogP contribution in [0.25, 0.3) is 0 Å². The van der Waals surface area contributed by atoms with E-state index in [2.05, 4.69) is 5.32 Å². The van der Waals surface area contributed by atoms with E-state index in [1.54, 1.807) is 19.1 Å². The van der Waals surface area contributed by atoms with Crippen molar-refractivity contribution < 1.29 is 14.5 Å². The molecular formula is C18H21ClN2O4. The van der Waals surface area contributed by atoms with E-state index >= 15 is 0 Å². The first kappa shape index (κ1) is 19.0. The van der Waals surface area contributed by atoms with Crippen molar-refractivity contribution >= 4 is 23.3 Å². The molecule has 1 aliphatic heterocycles. The predicted molar refractivity (Wildman–Crippen MR) is 96.3 cm³/mol. The molecule has 7 heteroatoms. The molecule has 2 rings (SSSR count). The van der Waals surface area contributed by atoms with Gasteiger partial charge in [0, 0.05) is 35.3 Å². The number of hydrogen-bond donors (Lipinski definition) is 1. The van der Waals surface area contributed by atoms with Gasteiger partial charge in [0.1, 0.15) is 0 Å². The number of hydrogen-bond acceptors (Lipinski definition) is 5. The Labute approximate surface area is 151 Å². The highest BCUT2D eigenvalue weighted by atomic mass is 35.5. The van der Waals surface area contributed by atoms with Crippen LogP contribution in [0.5, 0.6) is 0 Å². The Balaban J connectivity index is 2.45. The molecule has 0 bridgehead atoms. The molecule has 1 unspecified atom stereocenters. The standard InChI is InChI=1S/C18H21ClN2O4/c1-11-12(2)20-13(3)17(18(22)25-9-5-8-19)16(11)14-6-4-7-15(10-14)21(23)24/h4,6-7,10,16,20H,5,8-9H2,1-3H3. The minimum Gasteiger partial charge on any atom is -0.462 e. The summed E-state index contributed by atoms with van der Waals surface area (Å²) in [6.07, 6.45) is 0.572. The molecule has 0 amide bonds. The van der Waals surface area contributed by atoms with Crippen LogP contribution in [0.1, 0.15) is 38.7 Å². The van der Waals surface area contributed by atoms with Gasteiger partial charge in [0.2, 0.25) is 0 Å². The van der Waals surface area contributed by atoms with Crippen LogP contribution in [0.3, 0.4) is 0 Å². The maximum Gasteiger partial charge on any atom is 0.336 e. The number of rotatable bonds is 6. The Bertz CT molecular complexity index is 755. The SMILES string of the molecule is CC1=C(C)C(c2cccc([N+](=O)[O-])c2)C(C(=O)OCCCCl)=C(C)N1. The second kappa shape index (κ2) is 8.16. The molecule has 1 N–H and O–H groups in total. The smallest absolute Gasteiger partial charge is 0.336 e. The number of alkyl halides is 1. The number of carbonyl (C=O) groups is 1. The molecule has 0 saturated heterocycles. The van der Waals surface area contributed by atoms with Crippen LogP contribution >= 0.6 is 11.6 Å². The van der Waals surface area contributed by atoms with Gasteiger partial charge in [-0.3, -0.25) is 10.1 Å². The molecule has 1 aromatic rings. The lowest BCUT2D eigenvalue weighted by Crippen LogP contribution is -2.28. The summed E-state index contributed by atoms with van der Waals surface area (Å²) in [4.78, 5) is 23.3. The largest absolute Gasteiger partial charge is 0.462 e. The second-order valence-electron chi connectivity index (χ2n) is 5.94. The number of halogens is 1. The highest BCUT2D eigenvalue weighted by molar-refractivity contribution is 6.17. The third-order valence-corrected chi connectivity index (χ3v) is 4.50. The number of benzene rings is 1. The minimum atomic E-state index is -0.439. The summed E-state index contributed by atoms with van der Waals surface area (Å²) in [6, 6.07) is 6.36. The van der Waals surface area contributed by atoms with Crippen molar-refractivity contribution in [2.45, 2.75) is 33.1 Å². The van der Waals surface area contributed by atoms with Gasteiger partial charge in [-0.25, -0.2) is 4.79 Å². The summed E-state index contributed by atoms with van der Waals surface area (Å²) in [5, 5.41) is 14.3. The van der Waals surface area contributed by atoms with Crippen LogP contribution in [-0.2, 0) is 9.53 Å². The zero-order chi connectivity index (χ0) is 18.6. The molecule has 0 radical (unpaired) electrons. The van der Waals surface area contributed by atoms with E-state index in [0.717, 1.165) is 11.3 Å². The Morgan fingerprint density at radius 3 is 2.68 bits per heavy atom. The molecule has 1 aliphatic rings. The molecule has 25 heavy (non-hydrogen) atoms. The Morgan fingerprint density at radius 2 is 2.04 bits per heavy atom. The van der Waals surface area contributed by atoms with Crippen LogP contribution in [0, 0.1) is 10.1 Å². The van der Waals surface area contributed by atoms with Crippen molar-refractivity contribution in [3.05, 3.63) is 62.5 Å². The van der Waals surface area contributed by atoms with Crippen LogP contribution < -0.4 is 5.32 Å². The van der Waals surface area contributed by atoms with Crippen molar-refractivity contribution in [1.29, 1.82) is 0 Å². The normalized spacial score (nSPS) is 17.4. The molecule has 0 fully saturated rings.